The Labute approximate surface area is 260 Å². The molecule has 3 aromatic carbocycles. The van der Waals surface area contributed by atoms with E-state index >= 15 is 0 Å². The molecule has 6 rings (SSSR count). The highest BCUT2D eigenvalue weighted by molar-refractivity contribution is 8.00. The average molecular weight is 660 g/mol. The third-order valence-electron chi connectivity index (χ3n) is 7.31. The van der Waals surface area contributed by atoms with Crippen molar-refractivity contribution in [1.82, 2.24) is 4.98 Å². The van der Waals surface area contributed by atoms with Gasteiger partial charge in [-0.15, -0.1) is 0 Å². The molecule has 0 aliphatic carbocycles. The number of ether oxygens (including phenoxy) is 2. The molecule has 2 unspecified atom stereocenters. The fraction of sp³-hybridized carbons (Fsp3) is 0.200. The van der Waals surface area contributed by atoms with Gasteiger partial charge in [0.05, 0.1) is 29.3 Å². The number of aromatic nitrogens is 1. The number of hydrogen-bond acceptors (Lipinski definition) is 8. The molecule has 0 saturated carbocycles. The molecule has 15 heteroatoms. The van der Waals surface area contributed by atoms with Crippen molar-refractivity contribution in [3.8, 4) is 11.5 Å². The maximum absolute atomic E-state index is 13.9. The van der Waals surface area contributed by atoms with E-state index in [0.717, 1.165) is 35.2 Å². The van der Waals surface area contributed by atoms with Crippen LogP contribution in [0.3, 0.4) is 0 Å². The smallest absolute Gasteiger partial charge is 0.418 e. The van der Waals surface area contributed by atoms with E-state index in [1.807, 2.05) is 0 Å². The van der Waals surface area contributed by atoms with Crippen molar-refractivity contribution >= 4 is 52.2 Å². The summed E-state index contributed by atoms with van der Waals surface area (Å²) in [6.07, 6.45) is -4.82. The molecule has 3 heterocycles. The largest absolute Gasteiger partial charge is 0.493 e. The molecule has 2 N–H and O–H groups in total. The first-order chi connectivity index (χ1) is 21.5. The Kier molecular flexibility index (Phi) is 7.91. The van der Waals surface area contributed by atoms with Crippen LogP contribution in [0, 0.1) is 11.7 Å². The Bertz CT molecular complexity index is 1870. The lowest BCUT2D eigenvalue weighted by atomic mass is 9.83. The highest BCUT2D eigenvalue weighted by Gasteiger charge is 2.57. The van der Waals surface area contributed by atoms with Crippen LogP contribution in [0.1, 0.15) is 21.9 Å². The number of imide groups is 1. The summed E-state index contributed by atoms with van der Waals surface area (Å²) < 4.78 is 65.9. The Morgan fingerprint density at radius 1 is 1.00 bits per heavy atom. The van der Waals surface area contributed by atoms with Crippen molar-refractivity contribution in [1.29, 1.82) is 0 Å². The van der Waals surface area contributed by atoms with Gasteiger partial charge in [0.2, 0.25) is 11.8 Å². The minimum absolute atomic E-state index is 0.161. The fourth-order valence-electron chi connectivity index (χ4n) is 5.39. The highest BCUT2D eigenvalue weighted by Crippen LogP contribution is 2.54. The second kappa shape index (κ2) is 11.7. The van der Waals surface area contributed by atoms with Crippen LogP contribution in [-0.2, 0) is 20.6 Å². The number of hydrogen-bond donors (Lipinski definition) is 2. The molecule has 2 aliphatic heterocycles. The molecule has 9 nitrogen and oxygen atoms in total. The number of anilines is 2. The van der Waals surface area contributed by atoms with Crippen LogP contribution in [-0.4, -0.2) is 41.7 Å². The molecule has 0 radical (unpaired) electrons. The maximum Gasteiger partial charge on any atom is 0.418 e. The van der Waals surface area contributed by atoms with Crippen molar-refractivity contribution in [3.63, 3.8) is 0 Å². The topological polar surface area (TPSA) is 118 Å². The molecule has 0 spiro atoms. The van der Waals surface area contributed by atoms with Crippen LogP contribution in [0.5, 0.6) is 11.5 Å². The lowest BCUT2D eigenvalue weighted by Gasteiger charge is -2.30. The summed E-state index contributed by atoms with van der Waals surface area (Å²) in [5.74, 6) is -4.35. The fourth-order valence-corrected chi connectivity index (χ4v) is 7.91. The monoisotopic (exact) mass is 659 g/mol. The molecule has 3 amide bonds. The molecule has 0 bridgehead atoms. The van der Waals surface area contributed by atoms with Crippen molar-refractivity contribution < 1.29 is 41.4 Å². The van der Waals surface area contributed by atoms with E-state index in [1.54, 1.807) is 6.07 Å². The molecule has 1 fully saturated rings. The number of H-pyrrole nitrogens is 1. The van der Waals surface area contributed by atoms with Gasteiger partial charge in [0.15, 0.2) is 18.1 Å². The number of nitrogens with zero attached hydrogens (tertiary/aromatic N) is 1. The van der Waals surface area contributed by atoms with Gasteiger partial charge in [0.1, 0.15) is 11.1 Å². The van der Waals surface area contributed by atoms with Crippen LogP contribution < -0.4 is 24.6 Å². The molecule has 3 atom stereocenters. The zero-order valence-corrected chi connectivity index (χ0v) is 24.6. The normalized spacial score (nSPS) is 19.2. The minimum Gasteiger partial charge on any atom is -0.493 e. The van der Waals surface area contributed by atoms with Crippen molar-refractivity contribution in [2.45, 2.75) is 22.4 Å². The number of alkyl halides is 3. The number of aromatic amines is 1. The van der Waals surface area contributed by atoms with Gasteiger partial charge in [-0.05, 0) is 54.1 Å². The summed E-state index contributed by atoms with van der Waals surface area (Å²) in [5, 5.41) is 1.80. The first kappa shape index (κ1) is 30.4. The minimum atomic E-state index is -4.82. The van der Waals surface area contributed by atoms with E-state index < -0.39 is 69.5 Å². The van der Waals surface area contributed by atoms with Gasteiger partial charge >= 0.3 is 11.0 Å². The molecule has 4 aromatic rings. The maximum atomic E-state index is 13.9. The highest BCUT2D eigenvalue weighted by atomic mass is 32.2. The molecular weight excluding hydrogens is 638 g/mol. The zero-order chi connectivity index (χ0) is 32.0. The Hall–Kier alpha value is -4.63. The average Bonchev–Trinajstić information content (AvgIpc) is 3.50. The van der Waals surface area contributed by atoms with Gasteiger partial charge in [-0.25, -0.2) is 9.29 Å². The van der Waals surface area contributed by atoms with Crippen LogP contribution in [0.25, 0.3) is 0 Å². The van der Waals surface area contributed by atoms with E-state index in [-0.39, 0.29) is 11.5 Å². The van der Waals surface area contributed by atoms with Gasteiger partial charge in [0, 0.05) is 16.5 Å². The summed E-state index contributed by atoms with van der Waals surface area (Å²) in [4.78, 5) is 55.6. The second-order valence-corrected chi connectivity index (χ2v) is 12.2. The van der Waals surface area contributed by atoms with Crippen LogP contribution >= 0.6 is 23.1 Å². The first-order valence-corrected chi connectivity index (χ1v) is 15.0. The number of methoxy groups -OCH3 is 1. The van der Waals surface area contributed by atoms with Crippen LogP contribution in [0.15, 0.2) is 76.6 Å². The van der Waals surface area contributed by atoms with Crippen molar-refractivity contribution in [3.05, 3.63) is 98.2 Å². The van der Waals surface area contributed by atoms with E-state index in [1.165, 1.54) is 55.6 Å². The molecule has 1 saturated heterocycles. The predicted octanol–water partition coefficient (Wildman–Crippen LogP) is 5.42. The standard InChI is InChI=1S/C30H21F4N3O6S2/c1-42-20-12-14(6-11-19(20)43-13-21(38)35-16-9-7-15(31)8-10-16)22-23-25(44-26-24(22)45-29(41)36-26)28(40)37(27(23)39)18-5-3-2-4-17(18)30(32,33)34/h2-12,22-23,25H,13H2,1H3,(H,35,38)(H,36,41)/t22-,23?,25?/m1/s1. The number of halogens is 4. The lowest BCUT2D eigenvalue weighted by Crippen LogP contribution is -2.33. The molecule has 45 heavy (non-hydrogen) atoms. The molecular formula is C30H21F4N3O6S2. The molecule has 1 aromatic heterocycles. The number of para-hydroxylation sites is 1. The number of nitrogens with one attached hydrogen (secondary N) is 2. The summed E-state index contributed by atoms with van der Waals surface area (Å²) >= 11 is 1.78. The summed E-state index contributed by atoms with van der Waals surface area (Å²) in [6.45, 7) is -0.429. The number of thioether (sulfide) groups is 1. The van der Waals surface area contributed by atoms with E-state index in [4.69, 9.17) is 9.47 Å². The predicted molar refractivity (Wildman–Crippen MR) is 157 cm³/mol. The number of thiazole rings is 1. The number of rotatable bonds is 7. The van der Waals surface area contributed by atoms with Crippen molar-refractivity contribution in [2.24, 2.45) is 5.92 Å². The number of amides is 3. The first-order valence-electron chi connectivity index (χ1n) is 13.3. The van der Waals surface area contributed by atoms with E-state index in [9.17, 15) is 36.7 Å². The Balaban J connectivity index is 1.32. The Morgan fingerprint density at radius 3 is 2.44 bits per heavy atom. The second-order valence-electron chi connectivity index (χ2n) is 10.0. The third-order valence-corrected chi connectivity index (χ3v) is 9.71. The van der Waals surface area contributed by atoms with Crippen molar-refractivity contribution in [2.75, 3.05) is 23.9 Å². The van der Waals surface area contributed by atoms with Gasteiger partial charge < -0.3 is 19.8 Å². The Morgan fingerprint density at radius 2 is 1.73 bits per heavy atom. The quantitative estimate of drug-likeness (QED) is 0.201. The van der Waals surface area contributed by atoms with Gasteiger partial charge in [0.25, 0.3) is 5.91 Å². The summed E-state index contributed by atoms with van der Waals surface area (Å²) in [6, 6.07) is 14.1. The number of benzene rings is 3. The van der Waals surface area contributed by atoms with Gasteiger partial charge in [-0.3, -0.25) is 19.2 Å². The van der Waals surface area contributed by atoms with E-state index in [0.29, 0.717) is 26.1 Å². The third kappa shape index (κ3) is 5.68. The SMILES string of the molecule is COc1cc([C@H]2c3sc(=O)[nH]c3SC3C(=O)N(c4ccccc4C(F)(F)F)C(=O)C32)ccc1OCC(=O)Nc1ccc(F)cc1. The number of carbonyl (C=O) groups excluding carboxylic acids is 3. The molecule has 2 aliphatic rings. The zero-order valence-electron chi connectivity index (χ0n) is 23.0. The summed E-state index contributed by atoms with van der Waals surface area (Å²) in [7, 11) is 1.35. The van der Waals surface area contributed by atoms with Crippen LogP contribution in [0.4, 0.5) is 28.9 Å². The van der Waals surface area contributed by atoms with Crippen LogP contribution in [0.2, 0.25) is 0 Å². The lowest BCUT2D eigenvalue weighted by molar-refractivity contribution is -0.137. The van der Waals surface area contributed by atoms with Gasteiger partial charge in [-0.2, -0.15) is 13.2 Å². The molecule has 232 valence electrons. The number of carbonyl (C=O) groups is 3. The summed E-state index contributed by atoms with van der Waals surface area (Å²) in [5.41, 5.74) is -0.887. The van der Waals surface area contributed by atoms with E-state index in [2.05, 4.69) is 10.3 Å². The number of fused-ring (bicyclic) bond motifs is 2. The van der Waals surface area contributed by atoms with Gasteiger partial charge in [-0.1, -0.05) is 41.3 Å².